The maximum absolute atomic E-state index is 4.54. The van der Waals surface area contributed by atoms with Crippen LogP contribution in [0.5, 0.6) is 0 Å². The van der Waals surface area contributed by atoms with Crippen molar-refractivity contribution in [2.75, 3.05) is 23.4 Å². The molecule has 112 valence electrons. The number of nitrogens with zero attached hydrogens (tertiary/aromatic N) is 7. The maximum Gasteiger partial charge on any atom is 0.200 e. The maximum atomic E-state index is 4.54. The van der Waals surface area contributed by atoms with Gasteiger partial charge in [-0.1, -0.05) is 18.2 Å². The van der Waals surface area contributed by atoms with Crippen molar-refractivity contribution >= 4 is 17.2 Å². The molecule has 0 fully saturated rings. The first-order valence-corrected chi connectivity index (χ1v) is 7.33. The molecule has 1 unspecified atom stereocenters. The highest BCUT2D eigenvalue weighted by Crippen LogP contribution is 2.28. The highest BCUT2D eigenvalue weighted by atomic mass is 15.6. The van der Waals surface area contributed by atoms with E-state index in [0.29, 0.717) is 11.7 Å². The van der Waals surface area contributed by atoms with Crippen molar-refractivity contribution in [3.8, 4) is 0 Å². The summed E-state index contributed by atoms with van der Waals surface area (Å²) in [5.74, 6) is 0.886. The smallest absolute Gasteiger partial charge is 0.200 e. The molecule has 4 rings (SSSR count). The van der Waals surface area contributed by atoms with Crippen LogP contribution in [0, 0.1) is 0 Å². The van der Waals surface area contributed by atoms with Gasteiger partial charge in [0.1, 0.15) is 0 Å². The Balaban J connectivity index is 1.77. The molecule has 1 aliphatic rings. The van der Waals surface area contributed by atoms with Crippen molar-refractivity contribution in [2.24, 2.45) is 0 Å². The van der Waals surface area contributed by atoms with Crippen LogP contribution in [0.15, 0.2) is 36.4 Å². The zero-order valence-electron chi connectivity index (χ0n) is 12.6. The number of fused-ring (bicyclic) bond motifs is 2. The number of para-hydroxylation sites is 1. The van der Waals surface area contributed by atoms with E-state index in [2.05, 4.69) is 68.7 Å². The molecule has 7 nitrogen and oxygen atoms in total. The van der Waals surface area contributed by atoms with Crippen LogP contribution in [0.1, 0.15) is 12.5 Å². The molecule has 2 aromatic heterocycles. The predicted octanol–water partition coefficient (Wildman–Crippen LogP) is 1.36. The van der Waals surface area contributed by atoms with Crippen molar-refractivity contribution in [1.29, 1.82) is 0 Å². The van der Waals surface area contributed by atoms with Crippen LogP contribution in [0.2, 0.25) is 0 Å². The Morgan fingerprint density at radius 2 is 2.00 bits per heavy atom. The van der Waals surface area contributed by atoms with Crippen LogP contribution in [-0.4, -0.2) is 44.9 Å². The van der Waals surface area contributed by atoms with Crippen LogP contribution in [0.3, 0.4) is 0 Å². The average Bonchev–Trinajstić information content (AvgIpc) is 2.95. The Morgan fingerprint density at radius 1 is 1.14 bits per heavy atom. The van der Waals surface area contributed by atoms with Gasteiger partial charge in [0, 0.05) is 31.9 Å². The number of aromatic nitrogens is 5. The van der Waals surface area contributed by atoms with E-state index in [0.717, 1.165) is 18.9 Å². The summed E-state index contributed by atoms with van der Waals surface area (Å²) in [6.07, 6.45) is 0. The molecule has 0 saturated carbocycles. The molecular weight excluding hydrogens is 278 g/mol. The molecule has 1 atom stereocenters. The third-order valence-electron chi connectivity index (χ3n) is 4.16. The Hall–Kier alpha value is -2.70. The van der Waals surface area contributed by atoms with Gasteiger partial charge in [0.25, 0.3) is 0 Å². The molecule has 22 heavy (non-hydrogen) atoms. The Bertz CT molecular complexity index is 812. The van der Waals surface area contributed by atoms with Crippen molar-refractivity contribution in [1.82, 2.24) is 25.3 Å². The number of hydrogen-bond donors (Lipinski definition) is 0. The van der Waals surface area contributed by atoms with E-state index in [-0.39, 0.29) is 0 Å². The number of rotatable bonds is 1. The van der Waals surface area contributed by atoms with Gasteiger partial charge in [-0.3, -0.25) is 0 Å². The van der Waals surface area contributed by atoms with Gasteiger partial charge in [-0.05, 0) is 41.1 Å². The molecule has 0 saturated heterocycles. The van der Waals surface area contributed by atoms with E-state index in [1.54, 1.807) is 0 Å². The second-order valence-corrected chi connectivity index (χ2v) is 5.70. The van der Waals surface area contributed by atoms with Crippen LogP contribution in [-0.2, 0) is 6.54 Å². The average molecular weight is 295 g/mol. The molecule has 0 spiro atoms. The lowest BCUT2D eigenvalue weighted by atomic mass is 10.1. The summed E-state index contributed by atoms with van der Waals surface area (Å²) in [7, 11) is 2.14. The van der Waals surface area contributed by atoms with E-state index in [1.165, 1.54) is 15.9 Å². The van der Waals surface area contributed by atoms with Gasteiger partial charge in [0.2, 0.25) is 0 Å². The fraction of sp³-hybridized carbons (Fsp3) is 0.333. The molecule has 1 aromatic carbocycles. The summed E-state index contributed by atoms with van der Waals surface area (Å²) in [6, 6.07) is 12.7. The minimum Gasteiger partial charge on any atom is -0.372 e. The van der Waals surface area contributed by atoms with Crippen molar-refractivity contribution in [2.45, 2.75) is 19.5 Å². The molecule has 0 bridgehead atoms. The van der Waals surface area contributed by atoms with Crippen molar-refractivity contribution < 1.29 is 0 Å². The highest BCUT2D eigenvalue weighted by molar-refractivity contribution is 5.57. The van der Waals surface area contributed by atoms with E-state index in [4.69, 9.17) is 0 Å². The number of benzene rings is 1. The van der Waals surface area contributed by atoms with Crippen LogP contribution in [0.25, 0.3) is 5.65 Å². The van der Waals surface area contributed by atoms with E-state index in [1.807, 2.05) is 12.1 Å². The van der Waals surface area contributed by atoms with Gasteiger partial charge in [0.15, 0.2) is 11.5 Å². The fourth-order valence-corrected chi connectivity index (χ4v) is 3.05. The first-order valence-electron chi connectivity index (χ1n) is 7.33. The largest absolute Gasteiger partial charge is 0.372 e. The SMILES string of the molecule is CC1CN(C)c2ccccc2CN1c1ccc2nnnn2n1. The fourth-order valence-electron chi connectivity index (χ4n) is 3.05. The lowest BCUT2D eigenvalue weighted by Crippen LogP contribution is -2.38. The summed E-state index contributed by atoms with van der Waals surface area (Å²) >= 11 is 0. The second kappa shape index (κ2) is 4.94. The first kappa shape index (κ1) is 13.0. The molecule has 3 aromatic rings. The second-order valence-electron chi connectivity index (χ2n) is 5.70. The number of anilines is 2. The predicted molar refractivity (Wildman–Crippen MR) is 83.9 cm³/mol. The normalized spacial score (nSPS) is 18.4. The lowest BCUT2D eigenvalue weighted by molar-refractivity contribution is 0.620. The zero-order valence-corrected chi connectivity index (χ0v) is 12.6. The van der Waals surface area contributed by atoms with Gasteiger partial charge in [-0.2, -0.15) is 0 Å². The Morgan fingerprint density at radius 3 is 2.91 bits per heavy atom. The molecule has 0 amide bonds. The number of likely N-dealkylation sites (N-methyl/N-ethyl adjacent to an activating group) is 1. The van der Waals surface area contributed by atoms with Gasteiger partial charge >= 0.3 is 0 Å². The third kappa shape index (κ3) is 2.05. The van der Waals surface area contributed by atoms with Crippen molar-refractivity contribution in [3.63, 3.8) is 0 Å². The molecule has 0 radical (unpaired) electrons. The summed E-state index contributed by atoms with van der Waals surface area (Å²) in [4.78, 5) is 4.60. The first-order chi connectivity index (χ1) is 10.7. The molecular formula is C15H17N7. The highest BCUT2D eigenvalue weighted by Gasteiger charge is 2.24. The van der Waals surface area contributed by atoms with Gasteiger partial charge in [-0.15, -0.1) is 14.8 Å². The van der Waals surface area contributed by atoms with E-state index >= 15 is 0 Å². The summed E-state index contributed by atoms with van der Waals surface area (Å²) in [6.45, 7) is 3.97. The third-order valence-corrected chi connectivity index (χ3v) is 4.16. The van der Waals surface area contributed by atoms with Gasteiger partial charge < -0.3 is 9.80 Å². The van der Waals surface area contributed by atoms with Gasteiger partial charge in [-0.25, -0.2) is 0 Å². The minimum atomic E-state index is 0.332. The topological polar surface area (TPSA) is 62.5 Å². The lowest BCUT2D eigenvalue weighted by Gasteiger charge is -2.29. The minimum absolute atomic E-state index is 0.332. The number of hydrogen-bond acceptors (Lipinski definition) is 6. The molecule has 1 aliphatic heterocycles. The Kier molecular flexibility index (Phi) is 2.92. The summed E-state index contributed by atoms with van der Waals surface area (Å²) in [5.41, 5.74) is 3.23. The standard InChI is InChI=1S/C15H17N7/c1-11-9-20(2)13-6-4-3-5-12(13)10-21(11)15-8-7-14-16-18-19-22(14)17-15/h3-8,11H,9-10H2,1-2H3. The van der Waals surface area contributed by atoms with Crippen LogP contribution in [0.4, 0.5) is 11.5 Å². The van der Waals surface area contributed by atoms with Crippen molar-refractivity contribution in [3.05, 3.63) is 42.0 Å². The van der Waals surface area contributed by atoms with E-state index < -0.39 is 0 Å². The summed E-state index contributed by atoms with van der Waals surface area (Å²) < 4.78 is 1.47. The summed E-state index contributed by atoms with van der Waals surface area (Å²) in [5, 5.41) is 16.0. The van der Waals surface area contributed by atoms with Crippen LogP contribution >= 0.6 is 0 Å². The van der Waals surface area contributed by atoms with Crippen LogP contribution < -0.4 is 9.80 Å². The number of tetrazole rings is 1. The Labute approximate surface area is 128 Å². The monoisotopic (exact) mass is 295 g/mol. The molecule has 0 N–H and O–H groups in total. The molecule has 0 aliphatic carbocycles. The quantitative estimate of drug-likeness (QED) is 0.675. The molecule has 7 heteroatoms. The van der Waals surface area contributed by atoms with E-state index in [9.17, 15) is 0 Å². The zero-order chi connectivity index (χ0) is 15.1. The molecule has 3 heterocycles. The van der Waals surface area contributed by atoms with Gasteiger partial charge in [0.05, 0.1) is 0 Å².